The molecule has 4 rings (SSSR count). The molecular weight excluding hydrogens is 537 g/mol. The molecule has 2 fully saturated rings. The van der Waals surface area contributed by atoms with Crippen molar-refractivity contribution in [2.24, 2.45) is 5.92 Å². The Bertz CT molecular complexity index is 1210. The summed E-state index contributed by atoms with van der Waals surface area (Å²) in [4.78, 5) is 18.9. The van der Waals surface area contributed by atoms with E-state index in [0.29, 0.717) is 12.5 Å². The smallest absolute Gasteiger partial charge is 0.416 e. The predicted molar refractivity (Wildman–Crippen MR) is 141 cm³/mol. The number of alkyl halides is 3. The molecule has 0 spiro atoms. The summed E-state index contributed by atoms with van der Waals surface area (Å²) in [5.41, 5.74) is 0.492. The van der Waals surface area contributed by atoms with Crippen LogP contribution >= 0.6 is 0 Å². The minimum atomic E-state index is -4.46. The molecule has 13 heteroatoms. The molecule has 0 atom stereocenters. The number of benzene rings is 1. The normalized spacial score (nSPS) is 17.9. The Kier molecular flexibility index (Phi) is 9.34. The SMILES string of the molecule is O=C(O)c1ccc(N2CCC(CCOCCS(=O)(=O)N3CCN(c4cc(C(F)(F)F)ccn4)CC3)CC2)cc1. The highest BCUT2D eigenvalue weighted by Gasteiger charge is 2.32. The number of carboxylic acids is 1. The minimum Gasteiger partial charge on any atom is -0.478 e. The first-order valence-corrected chi connectivity index (χ1v) is 14.6. The van der Waals surface area contributed by atoms with Gasteiger partial charge in [-0.1, -0.05) is 0 Å². The zero-order valence-corrected chi connectivity index (χ0v) is 22.3. The van der Waals surface area contributed by atoms with Crippen molar-refractivity contribution in [1.82, 2.24) is 9.29 Å². The maximum atomic E-state index is 13.0. The van der Waals surface area contributed by atoms with E-state index in [0.717, 1.165) is 56.4 Å². The first-order chi connectivity index (χ1) is 18.5. The highest BCUT2D eigenvalue weighted by Crippen LogP contribution is 2.31. The fourth-order valence-electron chi connectivity index (χ4n) is 4.90. The Morgan fingerprint density at radius 1 is 0.974 bits per heavy atom. The average molecular weight is 571 g/mol. The van der Waals surface area contributed by atoms with Crippen LogP contribution in [0.5, 0.6) is 0 Å². The van der Waals surface area contributed by atoms with Crippen molar-refractivity contribution in [3.8, 4) is 0 Å². The van der Waals surface area contributed by atoms with Crippen LogP contribution in [-0.2, 0) is 20.9 Å². The van der Waals surface area contributed by atoms with Crippen LogP contribution in [0.3, 0.4) is 0 Å². The van der Waals surface area contributed by atoms with Gasteiger partial charge < -0.3 is 19.6 Å². The molecule has 2 aromatic rings. The second kappa shape index (κ2) is 12.5. The number of anilines is 2. The van der Waals surface area contributed by atoms with E-state index in [1.165, 1.54) is 4.31 Å². The van der Waals surface area contributed by atoms with E-state index in [1.54, 1.807) is 17.0 Å². The third-order valence-electron chi connectivity index (χ3n) is 7.28. The van der Waals surface area contributed by atoms with Gasteiger partial charge in [-0.05, 0) is 61.6 Å². The Hall–Kier alpha value is -2.90. The number of piperazine rings is 1. The molecule has 2 aliphatic heterocycles. The van der Waals surface area contributed by atoms with Gasteiger partial charge in [-0.2, -0.15) is 17.5 Å². The summed E-state index contributed by atoms with van der Waals surface area (Å²) in [6, 6.07) is 8.78. The van der Waals surface area contributed by atoms with Gasteiger partial charge in [0.25, 0.3) is 0 Å². The van der Waals surface area contributed by atoms with Gasteiger partial charge in [-0.25, -0.2) is 18.2 Å². The third kappa shape index (κ3) is 7.83. The molecule has 2 aliphatic rings. The summed E-state index contributed by atoms with van der Waals surface area (Å²) < 4.78 is 71.4. The first kappa shape index (κ1) is 29.1. The molecule has 2 saturated heterocycles. The number of rotatable bonds is 10. The van der Waals surface area contributed by atoms with Gasteiger partial charge in [0.2, 0.25) is 10.0 Å². The van der Waals surface area contributed by atoms with E-state index in [9.17, 15) is 26.4 Å². The van der Waals surface area contributed by atoms with Gasteiger partial charge in [0.1, 0.15) is 5.82 Å². The second-order valence-electron chi connectivity index (χ2n) is 9.79. The van der Waals surface area contributed by atoms with Crippen LogP contribution in [0.2, 0.25) is 0 Å². The molecule has 0 unspecified atom stereocenters. The van der Waals surface area contributed by atoms with Crippen molar-refractivity contribution >= 4 is 27.5 Å². The highest BCUT2D eigenvalue weighted by atomic mass is 32.2. The lowest BCUT2D eigenvalue weighted by Crippen LogP contribution is -2.49. The van der Waals surface area contributed by atoms with E-state index < -0.39 is 27.7 Å². The minimum absolute atomic E-state index is 0.0898. The molecule has 3 heterocycles. The quantitative estimate of drug-likeness (QED) is 0.433. The Labute approximate surface area is 226 Å². The van der Waals surface area contributed by atoms with Gasteiger partial charge in [0, 0.05) is 57.8 Å². The van der Waals surface area contributed by atoms with Crippen molar-refractivity contribution in [2.75, 3.05) is 68.0 Å². The number of carboxylic acid groups (broad SMARTS) is 1. The number of aromatic nitrogens is 1. The third-order valence-corrected chi connectivity index (χ3v) is 9.11. The summed E-state index contributed by atoms with van der Waals surface area (Å²) in [7, 11) is -3.53. The average Bonchev–Trinajstić information content (AvgIpc) is 2.93. The predicted octanol–water partition coefficient (Wildman–Crippen LogP) is 3.57. The van der Waals surface area contributed by atoms with Crippen LogP contribution in [0.4, 0.5) is 24.7 Å². The molecule has 0 amide bonds. The van der Waals surface area contributed by atoms with Crippen LogP contribution in [0, 0.1) is 5.92 Å². The highest BCUT2D eigenvalue weighted by molar-refractivity contribution is 7.89. The van der Waals surface area contributed by atoms with Crippen LogP contribution in [0.15, 0.2) is 42.6 Å². The molecule has 1 N–H and O–H groups in total. The number of pyridine rings is 1. The fourth-order valence-corrected chi connectivity index (χ4v) is 6.21. The van der Waals surface area contributed by atoms with E-state index in [2.05, 4.69) is 9.88 Å². The summed E-state index contributed by atoms with van der Waals surface area (Å²) >= 11 is 0. The molecule has 0 radical (unpaired) electrons. The molecule has 214 valence electrons. The summed E-state index contributed by atoms with van der Waals surface area (Å²) in [5, 5.41) is 9.04. The Morgan fingerprint density at radius 2 is 1.64 bits per heavy atom. The number of halogens is 3. The number of sulfonamides is 1. The zero-order valence-electron chi connectivity index (χ0n) is 21.5. The molecule has 0 aliphatic carbocycles. The largest absolute Gasteiger partial charge is 0.478 e. The van der Waals surface area contributed by atoms with Gasteiger partial charge in [0.15, 0.2) is 0 Å². The van der Waals surface area contributed by atoms with Gasteiger partial charge in [-0.3, -0.25) is 0 Å². The number of ether oxygens (including phenoxy) is 1. The maximum Gasteiger partial charge on any atom is 0.416 e. The van der Waals surface area contributed by atoms with E-state index in [1.807, 2.05) is 12.1 Å². The van der Waals surface area contributed by atoms with Crippen LogP contribution < -0.4 is 9.80 Å². The lowest BCUT2D eigenvalue weighted by atomic mass is 9.93. The fraction of sp³-hybridized carbons (Fsp3) is 0.538. The van der Waals surface area contributed by atoms with Gasteiger partial charge >= 0.3 is 12.1 Å². The van der Waals surface area contributed by atoms with Gasteiger partial charge in [-0.15, -0.1) is 0 Å². The molecule has 9 nitrogen and oxygen atoms in total. The monoisotopic (exact) mass is 570 g/mol. The van der Waals surface area contributed by atoms with Crippen molar-refractivity contribution < 1.29 is 36.2 Å². The number of piperidine rings is 1. The summed E-state index contributed by atoms with van der Waals surface area (Å²) in [5.74, 6) is -0.414. The van der Waals surface area contributed by atoms with E-state index in [-0.39, 0.29) is 49.9 Å². The van der Waals surface area contributed by atoms with Crippen LogP contribution in [0.1, 0.15) is 35.2 Å². The topological polar surface area (TPSA) is 103 Å². The van der Waals surface area contributed by atoms with Gasteiger partial charge in [0.05, 0.1) is 23.5 Å². The first-order valence-electron chi connectivity index (χ1n) is 12.9. The molecule has 0 saturated carbocycles. The molecule has 0 bridgehead atoms. The molecular formula is C26H33F3N4O5S. The molecule has 39 heavy (non-hydrogen) atoms. The number of hydrogen-bond donors (Lipinski definition) is 1. The zero-order chi connectivity index (χ0) is 28.0. The Morgan fingerprint density at radius 3 is 2.26 bits per heavy atom. The van der Waals surface area contributed by atoms with Crippen molar-refractivity contribution in [1.29, 1.82) is 0 Å². The molecule has 1 aromatic carbocycles. The maximum absolute atomic E-state index is 13.0. The van der Waals surface area contributed by atoms with Crippen LogP contribution in [-0.4, -0.2) is 87.0 Å². The number of aromatic carboxylic acids is 1. The summed E-state index contributed by atoms with van der Waals surface area (Å²) in [6.45, 7) is 3.18. The van der Waals surface area contributed by atoms with E-state index >= 15 is 0 Å². The lowest BCUT2D eigenvalue weighted by Gasteiger charge is -2.35. The lowest BCUT2D eigenvalue weighted by molar-refractivity contribution is -0.137. The van der Waals surface area contributed by atoms with Crippen molar-refractivity contribution in [3.63, 3.8) is 0 Å². The van der Waals surface area contributed by atoms with E-state index in [4.69, 9.17) is 9.84 Å². The number of carbonyl (C=O) groups is 1. The van der Waals surface area contributed by atoms with Crippen molar-refractivity contribution in [3.05, 3.63) is 53.7 Å². The number of nitrogens with zero attached hydrogens (tertiary/aromatic N) is 4. The number of hydrogen-bond acceptors (Lipinski definition) is 7. The van der Waals surface area contributed by atoms with Crippen molar-refractivity contribution in [2.45, 2.75) is 25.4 Å². The molecule has 1 aromatic heterocycles. The summed E-state index contributed by atoms with van der Waals surface area (Å²) in [6.07, 6.45) is -0.545. The Balaban J connectivity index is 1.13. The van der Waals surface area contributed by atoms with Crippen LogP contribution in [0.25, 0.3) is 0 Å². The standard InChI is InChI=1S/C26H33F3N4O5S/c27-26(28,29)22-5-9-30-24(19-22)32-12-14-33(15-13-32)39(36,37)18-17-38-16-8-20-6-10-31(11-7-20)23-3-1-21(2-4-23)25(34)35/h1-5,9,19-20H,6-8,10-18H2,(H,34,35). The second-order valence-corrected chi connectivity index (χ2v) is 11.9.